The first-order valence-corrected chi connectivity index (χ1v) is 7.71. The van der Waals surface area contributed by atoms with E-state index in [2.05, 4.69) is 34.9 Å². The van der Waals surface area contributed by atoms with Gasteiger partial charge in [0.2, 0.25) is 0 Å². The Morgan fingerprint density at radius 3 is 2.89 bits per heavy atom. The van der Waals surface area contributed by atoms with Gasteiger partial charge in [-0.05, 0) is 31.0 Å². The fourth-order valence-electron chi connectivity index (χ4n) is 2.17. The Balaban J connectivity index is 1.91. The summed E-state index contributed by atoms with van der Waals surface area (Å²) in [5, 5.41) is 0.165. The molecule has 0 bridgehead atoms. The van der Waals surface area contributed by atoms with Crippen molar-refractivity contribution in [1.29, 1.82) is 0 Å². The second-order valence-corrected chi connectivity index (χ2v) is 5.91. The molecule has 1 aliphatic rings. The van der Waals surface area contributed by atoms with Crippen LogP contribution in [0.3, 0.4) is 0 Å². The summed E-state index contributed by atoms with van der Waals surface area (Å²) in [5.74, 6) is 7.10. The highest BCUT2D eigenvalue weighted by Crippen LogP contribution is 2.20. The molecule has 0 aliphatic carbocycles. The Morgan fingerprint density at radius 1 is 1.37 bits per heavy atom. The minimum Gasteiger partial charge on any atom is -0.371 e. The topological polar surface area (TPSA) is 20.3 Å². The van der Waals surface area contributed by atoms with Gasteiger partial charge >= 0.3 is 0 Å². The third kappa shape index (κ3) is 4.65. The smallest absolute Gasteiger partial charge is 0.185 e. The number of rotatable bonds is 3. The van der Waals surface area contributed by atoms with E-state index in [0.717, 1.165) is 30.8 Å². The highest BCUT2D eigenvalue weighted by atomic mass is 32.2. The van der Waals surface area contributed by atoms with E-state index >= 15 is 0 Å². The number of hydrogen-bond donors (Lipinski definition) is 0. The molecule has 1 aromatic carbocycles. The van der Waals surface area contributed by atoms with Crippen molar-refractivity contribution in [2.75, 3.05) is 23.7 Å². The Labute approximate surface area is 119 Å². The molecule has 2 rings (SSSR count). The van der Waals surface area contributed by atoms with Gasteiger partial charge in [0.1, 0.15) is 0 Å². The van der Waals surface area contributed by atoms with Crippen molar-refractivity contribution in [2.45, 2.75) is 26.2 Å². The summed E-state index contributed by atoms with van der Waals surface area (Å²) < 4.78 is 0. The second kappa shape index (κ2) is 7.25. The quantitative estimate of drug-likeness (QED) is 0.622. The number of thioether (sulfide) groups is 1. The zero-order chi connectivity index (χ0) is 13.5. The van der Waals surface area contributed by atoms with Gasteiger partial charge in [-0.15, -0.1) is 0 Å². The van der Waals surface area contributed by atoms with Crippen molar-refractivity contribution in [2.24, 2.45) is 0 Å². The molecule has 1 saturated heterocycles. The van der Waals surface area contributed by atoms with Crippen LogP contribution in [0.2, 0.25) is 0 Å². The first kappa shape index (κ1) is 14.0. The van der Waals surface area contributed by atoms with Crippen molar-refractivity contribution in [3.8, 4) is 11.8 Å². The Hall–Kier alpha value is -1.40. The van der Waals surface area contributed by atoms with Crippen LogP contribution in [0, 0.1) is 11.8 Å². The monoisotopic (exact) mass is 273 g/mol. The second-order valence-electron chi connectivity index (χ2n) is 4.64. The van der Waals surface area contributed by atoms with E-state index in [9.17, 15) is 4.79 Å². The fourth-order valence-corrected chi connectivity index (χ4v) is 2.66. The Kier molecular flexibility index (Phi) is 5.35. The van der Waals surface area contributed by atoms with Crippen molar-refractivity contribution in [3.63, 3.8) is 0 Å². The van der Waals surface area contributed by atoms with E-state index in [0.29, 0.717) is 0 Å². The van der Waals surface area contributed by atoms with E-state index in [1.54, 1.807) is 6.92 Å². The van der Waals surface area contributed by atoms with Gasteiger partial charge in [-0.3, -0.25) is 4.79 Å². The van der Waals surface area contributed by atoms with E-state index in [-0.39, 0.29) is 5.12 Å². The van der Waals surface area contributed by atoms with E-state index in [1.165, 1.54) is 30.3 Å². The van der Waals surface area contributed by atoms with Gasteiger partial charge in [-0.2, -0.15) is 0 Å². The van der Waals surface area contributed by atoms with Crippen LogP contribution in [-0.4, -0.2) is 24.0 Å². The molecule has 1 heterocycles. The Bertz CT molecular complexity index is 495. The number of carbonyl (C=O) groups excluding carboxylic acids is 1. The predicted octanol–water partition coefficient (Wildman–Crippen LogP) is 3.31. The molecule has 19 heavy (non-hydrogen) atoms. The van der Waals surface area contributed by atoms with Crippen LogP contribution in [0.25, 0.3) is 0 Å². The van der Waals surface area contributed by atoms with Crippen LogP contribution in [0.4, 0.5) is 5.69 Å². The summed E-state index contributed by atoms with van der Waals surface area (Å²) >= 11 is 1.34. The maximum absolute atomic E-state index is 10.8. The molecule has 0 amide bonds. The molecular weight excluding hydrogens is 254 g/mol. The molecule has 3 heteroatoms. The van der Waals surface area contributed by atoms with E-state index < -0.39 is 0 Å². The molecule has 0 atom stereocenters. The van der Waals surface area contributed by atoms with Gasteiger partial charge in [-0.1, -0.05) is 29.7 Å². The molecule has 0 saturated carbocycles. The summed E-state index contributed by atoms with van der Waals surface area (Å²) in [4.78, 5) is 13.2. The van der Waals surface area contributed by atoms with Crippen molar-refractivity contribution < 1.29 is 4.79 Å². The molecular formula is C16H19NOS. The molecule has 1 fully saturated rings. The third-order valence-electron chi connectivity index (χ3n) is 3.08. The minimum absolute atomic E-state index is 0.165. The maximum Gasteiger partial charge on any atom is 0.185 e. The maximum atomic E-state index is 10.8. The lowest BCUT2D eigenvalue weighted by molar-refractivity contribution is -0.109. The van der Waals surface area contributed by atoms with Gasteiger partial charge in [0.05, 0.1) is 0 Å². The SMILES string of the molecule is CC(=O)SCCC#Cc1cccc(N2CCCC2)c1. The van der Waals surface area contributed by atoms with Crippen molar-refractivity contribution >= 4 is 22.6 Å². The molecule has 0 aromatic heterocycles. The molecule has 1 aliphatic heterocycles. The average molecular weight is 273 g/mol. The van der Waals surface area contributed by atoms with Crippen LogP contribution in [0.1, 0.15) is 31.7 Å². The zero-order valence-electron chi connectivity index (χ0n) is 11.3. The number of nitrogens with zero attached hydrogens (tertiary/aromatic N) is 1. The number of benzene rings is 1. The normalized spacial score (nSPS) is 14.1. The van der Waals surface area contributed by atoms with Gasteiger partial charge in [-0.25, -0.2) is 0 Å². The lowest BCUT2D eigenvalue weighted by Crippen LogP contribution is -2.17. The lowest BCUT2D eigenvalue weighted by atomic mass is 10.2. The summed E-state index contributed by atoms with van der Waals surface area (Å²) in [6.07, 6.45) is 3.34. The Morgan fingerprint density at radius 2 is 2.16 bits per heavy atom. The third-order valence-corrected chi connectivity index (χ3v) is 3.90. The fraction of sp³-hybridized carbons (Fsp3) is 0.438. The molecule has 0 N–H and O–H groups in total. The zero-order valence-corrected chi connectivity index (χ0v) is 12.1. The predicted molar refractivity (Wildman–Crippen MR) is 82.5 cm³/mol. The molecule has 0 unspecified atom stereocenters. The highest BCUT2D eigenvalue weighted by molar-refractivity contribution is 8.13. The van der Waals surface area contributed by atoms with Crippen LogP contribution >= 0.6 is 11.8 Å². The van der Waals surface area contributed by atoms with Crippen molar-refractivity contribution in [3.05, 3.63) is 29.8 Å². The van der Waals surface area contributed by atoms with Gasteiger partial charge in [0, 0.05) is 43.4 Å². The first-order chi connectivity index (χ1) is 9.25. The van der Waals surface area contributed by atoms with Gasteiger partial charge in [0.15, 0.2) is 5.12 Å². The minimum atomic E-state index is 0.165. The van der Waals surface area contributed by atoms with Crippen LogP contribution in [-0.2, 0) is 4.79 Å². The summed E-state index contributed by atoms with van der Waals surface area (Å²) in [5.41, 5.74) is 2.35. The first-order valence-electron chi connectivity index (χ1n) is 6.73. The molecule has 0 spiro atoms. The molecule has 100 valence electrons. The molecule has 0 radical (unpaired) electrons. The van der Waals surface area contributed by atoms with Gasteiger partial charge < -0.3 is 4.90 Å². The largest absolute Gasteiger partial charge is 0.371 e. The number of hydrogen-bond acceptors (Lipinski definition) is 3. The standard InChI is InChI=1S/C16H19NOS/c1-14(18)19-12-5-2-7-15-8-6-9-16(13-15)17-10-3-4-11-17/h6,8-9,13H,3-5,10-12H2,1H3. The molecule has 2 nitrogen and oxygen atoms in total. The van der Waals surface area contributed by atoms with E-state index in [1.807, 2.05) is 6.07 Å². The average Bonchev–Trinajstić information content (AvgIpc) is 2.92. The van der Waals surface area contributed by atoms with Gasteiger partial charge in [0.25, 0.3) is 0 Å². The van der Waals surface area contributed by atoms with Crippen LogP contribution in [0.15, 0.2) is 24.3 Å². The van der Waals surface area contributed by atoms with Crippen LogP contribution in [0.5, 0.6) is 0 Å². The number of anilines is 1. The molecule has 1 aromatic rings. The summed E-state index contributed by atoms with van der Waals surface area (Å²) in [7, 11) is 0. The van der Waals surface area contributed by atoms with Crippen LogP contribution < -0.4 is 4.90 Å². The highest BCUT2D eigenvalue weighted by Gasteiger charge is 2.11. The lowest BCUT2D eigenvalue weighted by Gasteiger charge is -2.17. The number of carbonyl (C=O) groups is 1. The van der Waals surface area contributed by atoms with E-state index in [4.69, 9.17) is 0 Å². The summed E-state index contributed by atoms with van der Waals surface area (Å²) in [6.45, 7) is 3.91. The van der Waals surface area contributed by atoms with Crippen molar-refractivity contribution in [1.82, 2.24) is 0 Å². The summed E-state index contributed by atoms with van der Waals surface area (Å²) in [6, 6.07) is 8.44.